The number of amides is 1. The molecule has 2 aromatic carbocycles. The number of rotatable bonds is 22. The Hall–Kier alpha value is -3.81. The summed E-state index contributed by atoms with van der Waals surface area (Å²) in [6, 6.07) is 7.46. The molecule has 22 N–H and O–H groups in total. The van der Waals surface area contributed by atoms with Crippen LogP contribution in [-0.4, -0.2) is 57.6 Å². The number of carbonyl (C=O) groups excluding carboxylic acids is 1. The first-order chi connectivity index (χ1) is 26.6. The summed E-state index contributed by atoms with van der Waals surface area (Å²) in [4.78, 5) is 14.3. The lowest BCUT2D eigenvalue weighted by Crippen LogP contribution is -2.53. The van der Waals surface area contributed by atoms with Gasteiger partial charge >= 0.3 is 0 Å². The van der Waals surface area contributed by atoms with Crippen LogP contribution in [0.3, 0.4) is 0 Å². The predicted octanol–water partition coefficient (Wildman–Crippen LogP) is 5.32. The lowest BCUT2D eigenvalue weighted by molar-refractivity contribution is 0.0781. The lowest BCUT2D eigenvalue weighted by atomic mass is 9.75. The minimum atomic E-state index is -0.464. The average Bonchev–Trinajstić information content (AvgIpc) is 3.16. The Kier molecular flexibility index (Phi) is 29.7. The van der Waals surface area contributed by atoms with Gasteiger partial charge in [-0.1, -0.05) is 69.9 Å². The fourth-order valence-corrected chi connectivity index (χ4v) is 6.50. The van der Waals surface area contributed by atoms with Crippen LogP contribution in [0.4, 0.5) is 11.4 Å². The number of nitrogens with two attached hydrogens (primary N) is 8. The van der Waals surface area contributed by atoms with Crippen LogP contribution >= 0.6 is 0 Å². The quantitative estimate of drug-likeness (QED) is 0.0235. The summed E-state index contributed by atoms with van der Waals surface area (Å²) < 4.78 is 18.4. The predicted molar refractivity (Wildman–Crippen MR) is 255 cm³/mol. The van der Waals surface area contributed by atoms with E-state index in [1.807, 2.05) is 12.1 Å². The minimum Gasteiger partial charge on any atom is -0.492 e. The highest BCUT2D eigenvalue weighted by Gasteiger charge is 2.36. The molecule has 0 heterocycles. The molecule has 1 amide bonds. The molecule has 16 nitrogen and oxygen atoms in total. The number of hydrogen-bond donors (Lipinski definition) is 12. The standard InChI is InChI=1S/C41H69N9O4.3CH4.H4N2.H3N/c1-39(2,3)29-12-14-41(13-8-10-16-43,37(24-29)50-47)48-27-52-26-28-21-32(36(54-20-18-45)25-35(28)53-19-17-44)38(51)49-34-23-30(40(4,5)6)22-33(46)31(34)11-7-9-15-42;;;;1-2;/h12,21-25,48,50H,7-11,13-20,26-27,42-47H2,1-6H3,(H,49,51);3*1H4;1-2H2;1H3. The molecule has 0 aliphatic heterocycles. The van der Waals surface area contributed by atoms with Crippen molar-refractivity contribution in [2.45, 2.75) is 126 Å². The highest BCUT2D eigenvalue weighted by Crippen LogP contribution is 2.38. The Morgan fingerprint density at radius 1 is 0.800 bits per heavy atom. The van der Waals surface area contributed by atoms with Crippen molar-refractivity contribution < 1.29 is 19.0 Å². The summed E-state index contributed by atoms with van der Waals surface area (Å²) >= 11 is 0. The van der Waals surface area contributed by atoms with Gasteiger partial charge in [0.15, 0.2) is 0 Å². The first kappa shape index (κ1) is 60.5. The number of ether oxygens (including phenoxy) is 3. The SMILES string of the molecule is C.C.C.CC(C)(C)C1=CCC(CCCCN)(NCOCc2cc(C(=O)Nc3cc(C(C)(C)C)cc(N)c3CCCCN)c(OCCN)cc2OCCN)C(NN)=C1.N.NN. The van der Waals surface area contributed by atoms with Crippen molar-refractivity contribution in [1.82, 2.24) is 16.9 Å². The summed E-state index contributed by atoms with van der Waals surface area (Å²) in [5.41, 5.74) is 38.5. The molecule has 3 rings (SSSR count). The number of hydrazine groups is 2. The second-order valence-corrected chi connectivity index (χ2v) is 16.1. The van der Waals surface area contributed by atoms with Crippen molar-refractivity contribution in [3.63, 3.8) is 0 Å². The van der Waals surface area contributed by atoms with Crippen LogP contribution in [0.1, 0.15) is 129 Å². The molecule has 0 radical (unpaired) electrons. The van der Waals surface area contributed by atoms with E-state index in [0.717, 1.165) is 55.3 Å². The average molecular weight is 849 g/mol. The van der Waals surface area contributed by atoms with Crippen molar-refractivity contribution >= 4 is 17.3 Å². The normalized spacial score (nSPS) is 14.6. The third-order valence-corrected chi connectivity index (χ3v) is 9.77. The number of anilines is 2. The molecule has 16 heteroatoms. The van der Waals surface area contributed by atoms with Gasteiger partial charge in [-0.25, -0.2) is 0 Å². The maximum Gasteiger partial charge on any atom is 0.259 e. The Balaban J connectivity index is -0.00000533. The van der Waals surface area contributed by atoms with Gasteiger partial charge in [-0.15, -0.1) is 0 Å². The van der Waals surface area contributed by atoms with Crippen LogP contribution in [0.25, 0.3) is 0 Å². The van der Waals surface area contributed by atoms with E-state index in [2.05, 4.69) is 81.4 Å². The third kappa shape index (κ3) is 17.7. The number of allylic oxidation sites excluding steroid dienone is 2. The Labute approximate surface area is 363 Å². The van der Waals surface area contributed by atoms with E-state index in [9.17, 15) is 4.79 Å². The van der Waals surface area contributed by atoms with Gasteiger partial charge in [0.1, 0.15) is 24.7 Å². The molecule has 1 atom stereocenters. The molecule has 0 saturated carbocycles. The van der Waals surface area contributed by atoms with Crippen molar-refractivity contribution in [2.75, 3.05) is 57.2 Å². The van der Waals surface area contributed by atoms with Gasteiger partial charge in [-0.05, 0) is 110 Å². The first-order valence-corrected chi connectivity index (χ1v) is 19.7. The van der Waals surface area contributed by atoms with E-state index < -0.39 is 5.54 Å². The number of benzene rings is 2. The number of nitrogen functional groups attached to an aromatic ring is 1. The summed E-state index contributed by atoms with van der Waals surface area (Å²) in [5.74, 6) is 14.6. The van der Waals surface area contributed by atoms with E-state index >= 15 is 0 Å². The molecule has 60 heavy (non-hydrogen) atoms. The van der Waals surface area contributed by atoms with Crippen LogP contribution < -0.4 is 77.9 Å². The van der Waals surface area contributed by atoms with E-state index in [0.29, 0.717) is 60.1 Å². The largest absolute Gasteiger partial charge is 0.492 e. The molecule has 1 aliphatic carbocycles. The van der Waals surface area contributed by atoms with Crippen LogP contribution in [0, 0.1) is 5.41 Å². The molecule has 1 unspecified atom stereocenters. The molecule has 0 fully saturated rings. The maximum atomic E-state index is 14.3. The zero-order chi connectivity index (χ0) is 41.9. The molecule has 0 saturated heterocycles. The monoisotopic (exact) mass is 849 g/mol. The fourth-order valence-electron chi connectivity index (χ4n) is 6.50. The van der Waals surface area contributed by atoms with Gasteiger partial charge < -0.3 is 59.8 Å². The number of hydrogen-bond acceptors (Lipinski definition) is 15. The molecule has 1 aliphatic rings. The second-order valence-electron chi connectivity index (χ2n) is 16.1. The van der Waals surface area contributed by atoms with Gasteiger partial charge in [0.05, 0.1) is 24.4 Å². The molecule has 0 bridgehead atoms. The van der Waals surface area contributed by atoms with Crippen LogP contribution in [-0.2, 0) is 23.2 Å². The first-order valence-electron chi connectivity index (χ1n) is 19.7. The zero-order valence-corrected chi connectivity index (χ0v) is 35.5. The Morgan fingerprint density at radius 2 is 1.40 bits per heavy atom. The second kappa shape index (κ2) is 29.4. The summed E-state index contributed by atoms with van der Waals surface area (Å²) in [6.07, 6.45) is 10.1. The van der Waals surface area contributed by atoms with Crippen molar-refractivity contribution in [3.05, 3.63) is 69.9 Å². The maximum absolute atomic E-state index is 14.3. The highest BCUT2D eigenvalue weighted by atomic mass is 16.5. The van der Waals surface area contributed by atoms with Crippen molar-refractivity contribution in [2.24, 2.45) is 45.9 Å². The fraction of sp³-hybridized carbons (Fsp3) is 0.614. The van der Waals surface area contributed by atoms with Gasteiger partial charge in [0.25, 0.3) is 5.91 Å². The number of carbonyl (C=O) groups is 1. The van der Waals surface area contributed by atoms with E-state index in [4.69, 9.17) is 48.7 Å². The van der Waals surface area contributed by atoms with Crippen LogP contribution in [0.2, 0.25) is 0 Å². The number of unbranched alkanes of at least 4 members (excludes halogenated alkanes) is 2. The van der Waals surface area contributed by atoms with E-state index in [1.165, 1.54) is 5.57 Å². The Bertz CT molecular complexity index is 1590. The topological polar surface area (TPSA) is 324 Å². The van der Waals surface area contributed by atoms with Crippen molar-refractivity contribution in [3.8, 4) is 11.5 Å². The summed E-state index contributed by atoms with van der Waals surface area (Å²) in [5, 5.41) is 6.81. The minimum absolute atomic E-state index is 0. The molecule has 2 aromatic rings. The summed E-state index contributed by atoms with van der Waals surface area (Å²) in [7, 11) is 0. The molecular weight excluding hydrogens is 761 g/mol. The summed E-state index contributed by atoms with van der Waals surface area (Å²) in [6.45, 7) is 15.5. The van der Waals surface area contributed by atoms with Crippen molar-refractivity contribution in [1.29, 1.82) is 0 Å². The van der Waals surface area contributed by atoms with Crippen LogP contribution in [0.15, 0.2) is 47.7 Å². The molecule has 0 aromatic heterocycles. The highest BCUT2D eigenvalue weighted by molar-refractivity contribution is 6.07. The van der Waals surface area contributed by atoms with Gasteiger partial charge in [0.2, 0.25) is 0 Å². The molecular formula is C44H88N12O4. The zero-order valence-electron chi connectivity index (χ0n) is 35.5. The van der Waals surface area contributed by atoms with E-state index in [1.54, 1.807) is 12.1 Å². The molecule has 348 valence electrons. The Morgan fingerprint density at radius 3 is 1.95 bits per heavy atom. The van der Waals surface area contributed by atoms with Gasteiger partial charge in [-0.3, -0.25) is 27.6 Å². The smallest absolute Gasteiger partial charge is 0.259 e. The van der Waals surface area contributed by atoms with Crippen LogP contribution in [0.5, 0.6) is 11.5 Å². The molecule has 0 spiro atoms. The van der Waals surface area contributed by atoms with Gasteiger partial charge in [0, 0.05) is 41.8 Å². The number of nitrogens with one attached hydrogen (secondary N) is 3. The van der Waals surface area contributed by atoms with E-state index in [-0.39, 0.29) is 78.3 Å². The van der Waals surface area contributed by atoms with Gasteiger partial charge in [-0.2, -0.15) is 0 Å². The lowest BCUT2D eigenvalue weighted by Gasteiger charge is -2.40. The third-order valence-electron chi connectivity index (χ3n) is 9.77.